The molecule has 1 aliphatic rings. The first-order valence-electron chi connectivity index (χ1n) is 9.09. The van der Waals surface area contributed by atoms with Crippen molar-refractivity contribution in [3.8, 4) is 0 Å². The largest absolute Gasteiger partial charge is 0.450 e. The number of fused-ring (bicyclic) bond motifs is 1. The van der Waals surface area contributed by atoms with Crippen molar-refractivity contribution in [2.75, 3.05) is 38.1 Å². The molecule has 0 aliphatic carbocycles. The Bertz CT molecular complexity index is 961. The molecule has 4 rings (SSSR count). The van der Waals surface area contributed by atoms with Crippen LogP contribution in [0.1, 0.15) is 16.1 Å². The van der Waals surface area contributed by atoms with Gasteiger partial charge in [0.15, 0.2) is 5.76 Å². The van der Waals surface area contributed by atoms with Crippen molar-refractivity contribution in [3.63, 3.8) is 0 Å². The Morgan fingerprint density at radius 3 is 2.67 bits per heavy atom. The van der Waals surface area contributed by atoms with Gasteiger partial charge in [-0.15, -0.1) is 0 Å². The molecule has 27 heavy (non-hydrogen) atoms. The van der Waals surface area contributed by atoms with Crippen molar-refractivity contribution in [1.29, 1.82) is 0 Å². The van der Waals surface area contributed by atoms with Gasteiger partial charge >= 0.3 is 0 Å². The fraction of sp³-hybridized carbons (Fsp3) is 0.286. The Hall–Kier alpha value is -2.31. The second-order valence-corrected chi connectivity index (χ2v) is 7.72. The van der Waals surface area contributed by atoms with Gasteiger partial charge in [-0.25, -0.2) is 0 Å². The summed E-state index contributed by atoms with van der Waals surface area (Å²) in [6.45, 7) is 4.57. The van der Waals surface area contributed by atoms with E-state index in [1.165, 1.54) is 5.69 Å². The van der Waals surface area contributed by atoms with E-state index >= 15 is 0 Å². The topological polar surface area (TPSA) is 48.7 Å². The molecule has 1 N–H and O–H groups in total. The van der Waals surface area contributed by atoms with Crippen molar-refractivity contribution >= 4 is 38.5 Å². The molecule has 2 aromatic carbocycles. The number of piperazine rings is 1. The van der Waals surface area contributed by atoms with Crippen molar-refractivity contribution in [2.24, 2.45) is 0 Å². The number of hydrogen-bond acceptors (Lipinski definition) is 4. The lowest BCUT2D eigenvalue weighted by atomic mass is 10.1. The normalized spacial score (nSPS) is 15.3. The van der Waals surface area contributed by atoms with Crippen LogP contribution >= 0.6 is 15.9 Å². The van der Waals surface area contributed by atoms with E-state index in [0.717, 1.165) is 41.6 Å². The molecule has 5 nitrogen and oxygen atoms in total. The molecule has 0 spiro atoms. The number of furan rings is 1. The number of hydrogen-bond donors (Lipinski definition) is 1. The van der Waals surface area contributed by atoms with Gasteiger partial charge in [0.25, 0.3) is 5.91 Å². The molecule has 140 valence electrons. The van der Waals surface area contributed by atoms with Crippen LogP contribution in [-0.2, 0) is 6.54 Å². The summed E-state index contributed by atoms with van der Waals surface area (Å²) in [5.41, 5.74) is 3.01. The van der Waals surface area contributed by atoms with Crippen LogP contribution in [0.4, 0.5) is 5.69 Å². The second-order valence-electron chi connectivity index (χ2n) is 6.87. The number of carbonyl (C=O) groups excluding carboxylic acids is 1. The van der Waals surface area contributed by atoms with Gasteiger partial charge in [0.2, 0.25) is 0 Å². The molecule has 1 aliphatic heterocycles. The maximum Gasteiger partial charge on any atom is 0.287 e. The summed E-state index contributed by atoms with van der Waals surface area (Å²) in [5.74, 6) is 0.125. The van der Waals surface area contributed by atoms with E-state index < -0.39 is 0 Å². The lowest BCUT2D eigenvalue weighted by Crippen LogP contribution is -2.45. The summed E-state index contributed by atoms with van der Waals surface area (Å²) in [7, 11) is 2.15. The van der Waals surface area contributed by atoms with E-state index in [2.05, 4.69) is 56.3 Å². The zero-order chi connectivity index (χ0) is 18.8. The molecule has 1 aromatic heterocycles. The van der Waals surface area contributed by atoms with Gasteiger partial charge in [0, 0.05) is 43.8 Å². The zero-order valence-electron chi connectivity index (χ0n) is 15.2. The number of benzene rings is 2. The molecule has 2 heterocycles. The van der Waals surface area contributed by atoms with Crippen molar-refractivity contribution in [2.45, 2.75) is 6.54 Å². The summed E-state index contributed by atoms with van der Waals surface area (Å²) in [5, 5.41) is 3.91. The molecule has 1 amide bonds. The molecule has 1 saturated heterocycles. The summed E-state index contributed by atoms with van der Waals surface area (Å²) < 4.78 is 6.58. The highest BCUT2D eigenvalue weighted by Gasteiger charge is 2.18. The SMILES string of the molecule is CN1CCN(c2ccccc2CNC(=O)c2cc3cccc(Br)c3o2)CC1. The van der Waals surface area contributed by atoms with Crippen LogP contribution in [0.3, 0.4) is 0 Å². The minimum Gasteiger partial charge on any atom is -0.450 e. The van der Waals surface area contributed by atoms with Crippen LogP contribution in [0, 0.1) is 0 Å². The van der Waals surface area contributed by atoms with Gasteiger partial charge in [-0.3, -0.25) is 4.79 Å². The van der Waals surface area contributed by atoms with Crippen molar-refractivity contribution in [1.82, 2.24) is 10.2 Å². The summed E-state index contributed by atoms with van der Waals surface area (Å²) in [6.07, 6.45) is 0. The molecule has 0 saturated carbocycles. The smallest absolute Gasteiger partial charge is 0.287 e. The van der Waals surface area contributed by atoms with E-state index in [9.17, 15) is 4.79 Å². The third-order valence-corrected chi connectivity index (χ3v) is 5.62. The molecule has 3 aromatic rings. The number of para-hydroxylation sites is 2. The van der Waals surface area contributed by atoms with Gasteiger partial charge in [-0.1, -0.05) is 30.3 Å². The molecule has 1 fully saturated rings. The van der Waals surface area contributed by atoms with Gasteiger partial charge < -0.3 is 19.5 Å². The first-order valence-corrected chi connectivity index (χ1v) is 9.89. The number of anilines is 1. The van der Waals surface area contributed by atoms with Crippen molar-refractivity contribution < 1.29 is 9.21 Å². The monoisotopic (exact) mass is 427 g/mol. The Balaban J connectivity index is 1.48. The molecule has 0 atom stereocenters. The van der Waals surface area contributed by atoms with Crippen LogP contribution in [0.2, 0.25) is 0 Å². The summed E-state index contributed by atoms with van der Waals surface area (Å²) in [6, 6.07) is 15.8. The maximum atomic E-state index is 12.6. The van der Waals surface area contributed by atoms with Gasteiger partial charge in [-0.05, 0) is 46.7 Å². The molecular formula is C21H22BrN3O2. The number of likely N-dealkylation sites (N-methyl/N-ethyl adjacent to an activating group) is 1. The average molecular weight is 428 g/mol. The fourth-order valence-electron chi connectivity index (χ4n) is 3.42. The first-order chi connectivity index (χ1) is 13.1. The Kier molecular flexibility index (Phi) is 5.18. The number of halogens is 1. The summed E-state index contributed by atoms with van der Waals surface area (Å²) in [4.78, 5) is 17.3. The molecule has 0 radical (unpaired) electrons. The first kappa shape index (κ1) is 18.1. The number of nitrogens with one attached hydrogen (secondary N) is 1. The van der Waals surface area contributed by atoms with Crippen LogP contribution in [0.5, 0.6) is 0 Å². The molecule has 6 heteroatoms. The number of rotatable bonds is 4. The highest BCUT2D eigenvalue weighted by molar-refractivity contribution is 9.10. The second kappa shape index (κ2) is 7.74. The highest BCUT2D eigenvalue weighted by Crippen LogP contribution is 2.27. The van der Waals surface area contributed by atoms with Gasteiger partial charge in [0.1, 0.15) is 5.58 Å². The Morgan fingerprint density at radius 2 is 1.89 bits per heavy atom. The number of carbonyl (C=O) groups is 1. The summed E-state index contributed by atoms with van der Waals surface area (Å²) >= 11 is 3.46. The predicted molar refractivity (Wildman–Crippen MR) is 111 cm³/mol. The molecule has 0 bridgehead atoms. The van der Waals surface area contributed by atoms with E-state index in [-0.39, 0.29) is 5.91 Å². The van der Waals surface area contributed by atoms with Gasteiger partial charge in [-0.2, -0.15) is 0 Å². The quantitative estimate of drug-likeness (QED) is 0.686. The highest BCUT2D eigenvalue weighted by atomic mass is 79.9. The number of amides is 1. The third kappa shape index (κ3) is 3.87. The Morgan fingerprint density at radius 1 is 1.11 bits per heavy atom. The zero-order valence-corrected chi connectivity index (χ0v) is 16.8. The van der Waals surface area contributed by atoms with E-state index in [0.29, 0.717) is 17.9 Å². The lowest BCUT2D eigenvalue weighted by Gasteiger charge is -2.35. The predicted octanol–water partition coefficient (Wildman–Crippen LogP) is 3.88. The van der Waals surface area contributed by atoms with Crippen LogP contribution < -0.4 is 10.2 Å². The van der Waals surface area contributed by atoms with Crippen LogP contribution in [-0.4, -0.2) is 44.0 Å². The molecule has 0 unspecified atom stereocenters. The van der Waals surface area contributed by atoms with Crippen molar-refractivity contribution in [3.05, 3.63) is 64.3 Å². The fourth-order valence-corrected chi connectivity index (χ4v) is 3.88. The standard InChI is InChI=1S/C21H22BrN3O2/c1-24-9-11-25(12-10-24)18-8-3-2-5-16(18)14-23-21(26)19-13-15-6-4-7-17(22)20(15)27-19/h2-8,13H,9-12,14H2,1H3,(H,23,26). The molecular weight excluding hydrogens is 406 g/mol. The van der Waals surface area contributed by atoms with E-state index in [4.69, 9.17) is 4.42 Å². The minimum absolute atomic E-state index is 0.203. The lowest BCUT2D eigenvalue weighted by molar-refractivity contribution is 0.0925. The average Bonchev–Trinajstić information content (AvgIpc) is 3.13. The van der Waals surface area contributed by atoms with Crippen LogP contribution in [0.15, 0.2) is 57.4 Å². The maximum absolute atomic E-state index is 12.6. The van der Waals surface area contributed by atoms with E-state index in [1.54, 1.807) is 6.07 Å². The van der Waals surface area contributed by atoms with E-state index in [1.807, 2.05) is 24.3 Å². The minimum atomic E-state index is -0.203. The number of nitrogens with zero attached hydrogens (tertiary/aromatic N) is 2. The Labute approximate surface area is 167 Å². The van der Waals surface area contributed by atoms with Gasteiger partial charge in [0.05, 0.1) is 4.47 Å². The third-order valence-electron chi connectivity index (χ3n) is 4.99. The van der Waals surface area contributed by atoms with Crippen LogP contribution in [0.25, 0.3) is 11.0 Å².